The third-order valence-electron chi connectivity index (χ3n) is 3.04. The van der Waals surface area contributed by atoms with Crippen molar-refractivity contribution >= 4 is 28.8 Å². The molecule has 1 heterocycles. The maximum atomic E-state index is 13.9. The number of fused-ring (bicyclic) bond motifs is 1. The lowest BCUT2D eigenvalue weighted by atomic mass is 10.1. The van der Waals surface area contributed by atoms with Gasteiger partial charge in [-0.2, -0.15) is 0 Å². The zero-order chi connectivity index (χ0) is 13.4. The predicted octanol–water partition coefficient (Wildman–Crippen LogP) is 4.44. The molecule has 19 heavy (non-hydrogen) atoms. The van der Waals surface area contributed by atoms with Gasteiger partial charge in [-0.15, -0.1) is 0 Å². The van der Waals surface area contributed by atoms with Crippen LogP contribution in [-0.4, -0.2) is 11.3 Å². The van der Waals surface area contributed by atoms with E-state index in [0.717, 1.165) is 11.8 Å². The summed E-state index contributed by atoms with van der Waals surface area (Å²) in [6, 6.07) is 12.1. The molecule has 0 saturated carbocycles. The first-order valence-electron chi connectivity index (χ1n) is 5.72. The van der Waals surface area contributed by atoms with Gasteiger partial charge in [0.05, 0.1) is 11.2 Å². The number of rotatable bonds is 2. The smallest absolute Gasteiger partial charge is 0.152 e. The average Bonchev–Trinajstić information content (AvgIpc) is 2.78. The number of nitrogens with one attached hydrogen (secondary N) is 1. The third kappa shape index (κ3) is 1.92. The van der Waals surface area contributed by atoms with Crippen molar-refractivity contribution in [3.8, 4) is 11.3 Å². The monoisotopic (exact) mass is 273 g/mol. The first-order chi connectivity index (χ1) is 9.20. The zero-order valence-electron chi connectivity index (χ0n) is 9.78. The molecule has 94 valence electrons. The number of hydrogen-bond donors (Lipinski definition) is 1. The number of benzene rings is 2. The minimum atomic E-state index is -0.465. The van der Waals surface area contributed by atoms with Crippen molar-refractivity contribution in [3.63, 3.8) is 0 Å². The quantitative estimate of drug-likeness (QED) is 0.688. The third-order valence-corrected chi connectivity index (χ3v) is 3.26. The second-order valence-corrected chi connectivity index (χ2v) is 4.64. The first kappa shape index (κ1) is 11.9. The average molecular weight is 274 g/mol. The number of carbonyl (C=O) groups is 1. The SMILES string of the molecule is O=Cc1c(-c2ccccc2)[nH]c2c(F)cc(Cl)cc12. The highest BCUT2D eigenvalue weighted by Crippen LogP contribution is 2.32. The molecule has 2 nitrogen and oxygen atoms in total. The van der Waals surface area contributed by atoms with E-state index < -0.39 is 5.82 Å². The van der Waals surface area contributed by atoms with Crippen LogP contribution in [0.2, 0.25) is 5.02 Å². The van der Waals surface area contributed by atoms with Crippen molar-refractivity contribution in [1.29, 1.82) is 0 Å². The second kappa shape index (κ2) is 4.52. The van der Waals surface area contributed by atoms with Gasteiger partial charge in [-0.3, -0.25) is 4.79 Å². The van der Waals surface area contributed by atoms with Gasteiger partial charge in [0.2, 0.25) is 0 Å². The Labute approximate surface area is 113 Å². The van der Waals surface area contributed by atoms with Crippen LogP contribution in [0.5, 0.6) is 0 Å². The maximum Gasteiger partial charge on any atom is 0.152 e. The Morgan fingerprint density at radius 2 is 1.89 bits per heavy atom. The zero-order valence-corrected chi connectivity index (χ0v) is 10.5. The van der Waals surface area contributed by atoms with Crippen LogP contribution in [0.1, 0.15) is 10.4 Å². The van der Waals surface area contributed by atoms with E-state index in [1.807, 2.05) is 30.3 Å². The predicted molar refractivity (Wildman–Crippen MR) is 74.1 cm³/mol. The van der Waals surface area contributed by atoms with Crippen molar-refractivity contribution in [2.45, 2.75) is 0 Å². The van der Waals surface area contributed by atoms with Crippen LogP contribution in [0.4, 0.5) is 4.39 Å². The van der Waals surface area contributed by atoms with Crippen LogP contribution in [0.3, 0.4) is 0 Å². The summed E-state index contributed by atoms with van der Waals surface area (Å²) in [5.74, 6) is -0.465. The Hall–Kier alpha value is -2.13. The molecule has 0 atom stereocenters. The number of H-pyrrole nitrogens is 1. The molecule has 3 rings (SSSR count). The molecule has 2 aromatic carbocycles. The van der Waals surface area contributed by atoms with Crippen molar-refractivity contribution in [1.82, 2.24) is 4.98 Å². The van der Waals surface area contributed by atoms with Gasteiger partial charge in [-0.1, -0.05) is 41.9 Å². The maximum absolute atomic E-state index is 13.9. The molecule has 0 bridgehead atoms. The molecule has 4 heteroatoms. The van der Waals surface area contributed by atoms with Gasteiger partial charge in [0.15, 0.2) is 6.29 Å². The fraction of sp³-hybridized carbons (Fsp3) is 0. The van der Waals surface area contributed by atoms with Gasteiger partial charge >= 0.3 is 0 Å². The molecule has 1 N–H and O–H groups in total. The van der Waals surface area contributed by atoms with Gasteiger partial charge in [0.25, 0.3) is 0 Å². The van der Waals surface area contributed by atoms with Crippen molar-refractivity contribution in [3.05, 3.63) is 58.9 Å². The van der Waals surface area contributed by atoms with E-state index >= 15 is 0 Å². The number of aromatic amines is 1. The Kier molecular flexibility index (Phi) is 2.84. The molecule has 0 fully saturated rings. The largest absolute Gasteiger partial charge is 0.352 e. The molecule has 0 unspecified atom stereocenters. The van der Waals surface area contributed by atoms with E-state index in [2.05, 4.69) is 4.98 Å². The molecular weight excluding hydrogens is 265 g/mol. The molecule has 0 amide bonds. The highest BCUT2D eigenvalue weighted by Gasteiger charge is 2.15. The van der Waals surface area contributed by atoms with Gasteiger partial charge in [-0.05, 0) is 17.7 Å². The van der Waals surface area contributed by atoms with E-state index in [1.165, 1.54) is 6.07 Å². The molecule has 0 radical (unpaired) electrons. The lowest BCUT2D eigenvalue weighted by Gasteiger charge is -1.98. The molecule has 3 aromatic rings. The normalized spacial score (nSPS) is 10.8. The van der Waals surface area contributed by atoms with Crippen LogP contribution in [-0.2, 0) is 0 Å². The Morgan fingerprint density at radius 3 is 2.58 bits per heavy atom. The lowest BCUT2D eigenvalue weighted by Crippen LogP contribution is -1.83. The number of halogens is 2. The fourth-order valence-electron chi connectivity index (χ4n) is 2.19. The summed E-state index contributed by atoms with van der Waals surface area (Å²) in [6.07, 6.45) is 0.719. The molecule has 1 aromatic heterocycles. The van der Waals surface area contributed by atoms with Crippen LogP contribution < -0.4 is 0 Å². The molecule has 0 aliphatic rings. The van der Waals surface area contributed by atoms with Crippen LogP contribution in [0, 0.1) is 5.82 Å². The first-order valence-corrected chi connectivity index (χ1v) is 6.10. The van der Waals surface area contributed by atoms with E-state index in [-0.39, 0.29) is 5.02 Å². The van der Waals surface area contributed by atoms with Crippen LogP contribution >= 0.6 is 11.6 Å². The van der Waals surface area contributed by atoms with Crippen molar-refractivity contribution in [2.75, 3.05) is 0 Å². The second-order valence-electron chi connectivity index (χ2n) is 4.21. The van der Waals surface area contributed by atoms with Gasteiger partial charge in [0.1, 0.15) is 5.82 Å². The molecule has 0 aliphatic carbocycles. The van der Waals surface area contributed by atoms with E-state index in [4.69, 9.17) is 11.6 Å². The minimum Gasteiger partial charge on any atom is -0.352 e. The minimum absolute atomic E-state index is 0.270. The van der Waals surface area contributed by atoms with Gasteiger partial charge in [-0.25, -0.2) is 4.39 Å². The standard InChI is InChI=1S/C15H9ClFNO/c16-10-6-11-12(8-19)14(9-4-2-1-3-5-9)18-15(11)13(17)7-10/h1-8,18H. The van der Waals surface area contributed by atoms with Crippen LogP contribution in [0.25, 0.3) is 22.2 Å². The Balaban J connectivity index is 2.38. The number of aromatic nitrogens is 1. The number of carbonyl (C=O) groups excluding carboxylic acids is 1. The topological polar surface area (TPSA) is 32.9 Å². The summed E-state index contributed by atoms with van der Waals surface area (Å²) in [4.78, 5) is 14.3. The van der Waals surface area contributed by atoms with E-state index in [9.17, 15) is 9.18 Å². The molecular formula is C15H9ClFNO. The van der Waals surface area contributed by atoms with E-state index in [1.54, 1.807) is 6.07 Å². The molecule has 0 saturated heterocycles. The van der Waals surface area contributed by atoms with Gasteiger partial charge in [0, 0.05) is 16.0 Å². The van der Waals surface area contributed by atoms with Gasteiger partial charge < -0.3 is 4.98 Å². The van der Waals surface area contributed by atoms with E-state index in [0.29, 0.717) is 22.2 Å². The molecule has 0 spiro atoms. The summed E-state index contributed by atoms with van der Waals surface area (Å²) in [7, 11) is 0. The summed E-state index contributed by atoms with van der Waals surface area (Å²) in [5, 5.41) is 0.769. The summed E-state index contributed by atoms with van der Waals surface area (Å²) in [5.41, 5.74) is 2.15. The fourth-order valence-corrected chi connectivity index (χ4v) is 2.40. The highest BCUT2D eigenvalue weighted by atomic mass is 35.5. The Morgan fingerprint density at radius 1 is 1.16 bits per heavy atom. The lowest BCUT2D eigenvalue weighted by molar-refractivity contribution is 0.112. The van der Waals surface area contributed by atoms with Crippen LogP contribution in [0.15, 0.2) is 42.5 Å². The van der Waals surface area contributed by atoms with Crippen molar-refractivity contribution in [2.24, 2.45) is 0 Å². The Bertz CT molecular complexity index is 765. The highest BCUT2D eigenvalue weighted by molar-refractivity contribution is 6.31. The summed E-state index contributed by atoms with van der Waals surface area (Å²) in [6.45, 7) is 0. The number of hydrogen-bond acceptors (Lipinski definition) is 1. The summed E-state index contributed by atoms with van der Waals surface area (Å²) >= 11 is 5.84. The molecule has 0 aliphatic heterocycles. The van der Waals surface area contributed by atoms with Crippen molar-refractivity contribution < 1.29 is 9.18 Å². The number of aldehydes is 1. The summed E-state index contributed by atoms with van der Waals surface area (Å²) < 4.78 is 13.9.